The maximum Gasteiger partial charge on any atom is 0.297 e. The summed E-state index contributed by atoms with van der Waals surface area (Å²) in [5, 5.41) is 0. The first-order valence-electron chi connectivity index (χ1n) is 7.61. The minimum absolute atomic E-state index is 0.232. The Morgan fingerprint density at radius 1 is 1.19 bits per heavy atom. The number of hydrogen-bond acceptors (Lipinski definition) is 3. The molecule has 3 nitrogen and oxygen atoms in total. The number of halogens is 1. The highest BCUT2D eigenvalue weighted by Gasteiger charge is 2.30. The largest absolute Gasteiger partial charge is 0.297 e. The van der Waals surface area contributed by atoms with Gasteiger partial charge in [-0.1, -0.05) is 60.3 Å². The van der Waals surface area contributed by atoms with E-state index in [1.807, 2.05) is 6.92 Å². The Bertz CT molecular complexity index is 522. The molecule has 2 rings (SSSR count). The van der Waals surface area contributed by atoms with Crippen molar-refractivity contribution in [2.45, 2.75) is 61.3 Å². The van der Waals surface area contributed by atoms with Crippen molar-refractivity contribution in [2.24, 2.45) is 5.92 Å². The van der Waals surface area contributed by atoms with Gasteiger partial charge >= 0.3 is 0 Å². The Morgan fingerprint density at radius 3 is 2.38 bits per heavy atom. The van der Waals surface area contributed by atoms with Crippen molar-refractivity contribution in [1.82, 2.24) is 0 Å². The van der Waals surface area contributed by atoms with Gasteiger partial charge in [0.15, 0.2) is 0 Å². The van der Waals surface area contributed by atoms with Crippen molar-refractivity contribution in [1.29, 1.82) is 0 Å². The van der Waals surface area contributed by atoms with E-state index >= 15 is 0 Å². The molecule has 0 N–H and O–H groups in total. The van der Waals surface area contributed by atoms with Gasteiger partial charge in [-0.2, -0.15) is 8.42 Å². The van der Waals surface area contributed by atoms with E-state index in [-0.39, 0.29) is 15.8 Å². The molecule has 1 aromatic rings. The molecule has 1 aliphatic carbocycles. The Labute approximate surface area is 136 Å². The van der Waals surface area contributed by atoms with Crippen LogP contribution in [-0.2, 0) is 14.3 Å². The Morgan fingerprint density at radius 2 is 1.81 bits per heavy atom. The first-order valence-corrected chi connectivity index (χ1v) is 9.94. The fraction of sp³-hybridized carbons (Fsp3) is 0.625. The van der Waals surface area contributed by atoms with Gasteiger partial charge in [0.25, 0.3) is 10.1 Å². The summed E-state index contributed by atoms with van der Waals surface area (Å²) in [7, 11) is -3.68. The van der Waals surface area contributed by atoms with Gasteiger partial charge in [-0.25, -0.2) is 0 Å². The quantitative estimate of drug-likeness (QED) is 0.543. The zero-order valence-corrected chi connectivity index (χ0v) is 14.8. The fourth-order valence-corrected chi connectivity index (χ4v) is 4.47. The number of alkyl halides is 1. The van der Waals surface area contributed by atoms with Crippen LogP contribution in [-0.4, -0.2) is 19.3 Å². The highest BCUT2D eigenvalue weighted by atomic mass is 79.9. The number of rotatable bonds is 6. The van der Waals surface area contributed by atoms with Crippen LogP contribution in [0, 0.1) is 5.92 Å². The van der Waals surface area contributed by atoms with Crippen LogP contribution in [0.3, 0.4) is 0 Å². The summed E-state index contributed by atoms with van der Waals surface area (Å²) in [6, 6.07) is 8.42. The molecule has 21 heavy (non-hydrogen) atoms. The molecule has 2 unspecified atom stereocenters. The second kappa shape index (κ2) is 7.75. The molecule has 0 aliphatic heterocycles. The number of hydrogen-bond donors (Lipinski definition) is 0. The van der Waals surface area contributed by atoms with Gasteiger partial charge in [0, 0.05) is 4.83 Å². The molecule has 1 saturated carbocycles. The lowest BCUT2D eigenvalue weighted by Gasteiger charge is -2.30. The van der Waals surface area contributed by atoms with Crippen molar-refractivity contribution >= 4 is 26.0 Å². The molecule has 1 aliphatic rings. The summed E-state index contributed by atoms with van der Waals surface area (Å²) < 4.78 is 30.5. The van der Waals surface area contributed by atoms with Crippen molar-refractivity contribution in [3.63, 3.8) is 0 Å². The highest BCUT2D eigenvalue weighted by molar-refractivity contribution is 9.09. The SMILES string of the molecule is CC(Br)CC(OS(=O)(=O)c1ccccc1)C1CCCCC1. The topological polar surface area (TPSA) is 43.4 Å². The van der Waals surface area contributed by atoms with Crippen LogP contribution in [0.25, 0.3) is 0 Å². The molecule has 1 fully saturated rings. The molecule has 0 aromatic heterocycles. The molecular formula is C16H23BrO3S. The molecule has 0 radical (unpaired) electrons. The van der Waals surface area contributed by atoms with E-state index in [0.717, 1.165) is 19.3 Å². The molecule has 0 amide bonds. The van der Waals surface area contributed by atoms with Crippen LogP contribution in [0.4, 0.5) is 0 Å². The predicted molar refractivity (Wildman–Crippen MR) is 88.1 cm³/mol. The van der Waals surface area contributed by atoms with Crippen molar-refractivity contribution in [2.75, 3.05) is 0 Å². The molecular weight excluding hydrogens is 352 g/mol. The van der Waals surface area contributed by atoms with Gasteiger partial charge in [0.05, 0.1) is 11.0 Å². The van der Waals surface area contributed by atoms with E-state index < -0.39 is 10.1 Å². The molecule has 5 heteroatoms. The molecule has 118 valence electrons. The third-order valence-electron chi connectivity index (χ3n) is 4.01. The second-order valence-corrected chi connectivity index (χ2v) is 8.95. The third-order valence-corrected chi connectivity index (χ3v) is 5.74. The van der Waals surface area contributed by atoms with Gasteiger partial charge in [0.1, 0.15) is 0 Å². The lowest BCUT2D eigenvalue weighted by atomic mass is 9.84. The second-order valence-electron chi connectivity index (χ2n) is 5.82. The first-order chi connectivity index (χ1) is 9.99. The summed E-state index contributed by atoms with van der Waals surface area (Å²) in [6.45, 7) is 2.04. The lowest BCUT2D eigenvalue weighted by molar-refractivity contribution is 0.107. The monoisotopic (exact) mass is 374 g/mol. The van der Waals surface area contributed by atoms with Crippen molar-refractivity contribution in [3.05, 3.63) is 30.3 Å². The summed E-state index contributed by atoms with van der Waals surface area (Å²) in [6.07, 6.45) is 6.21. The van der Waals surface area contributed by atoms with E-state index in [9.17, 15) is 8.42 Å². The van der Waals surface area contributed by atoms with Crippen LogP contribution in [0.1, 0.15) is 45.4 Å². The normalized spacial score (nSPS) is 20.1. The zero-order chi connectivity index (χ0) is 15.3. The van der Waals surface area contributed by atoms with Gasteiger partial charge in [0.2, 0.25) is 0 Å². The summed E-state index contributed by atoms with van der Waals surface area (Å²) in [5.74, 6) is 0.345. The number of benzene rings is 1. The summed E-state index contributed by atoms with van der Waals surface area (Å²) >= 11 is 3.53. The summed E-state index contributed by atoms with van der Waals surface area (Å²) in [4.78, 5) is 0.489. The smallest absolute Gasteiger partial charge is 0.263 e. The lowest BCUT2D eigenvalue weighted by Crippen LogP contribution is -2.30. The minimum atomic E-state index is -3.68. The molecule has 0 heterocycles. The van der Waals surface area contributed by atoms with Crippen LogP contribution >= 0.6 is 15.9 Å². The maximum absolute atomic E-state index is 12.4. The highest BCUT2D eigenvalue weighted by Crippen LogP contribution is 2.32. The van der Waals surface area contributed by atoms with Gasteiger partial charge < -0.3 is 0 Å². The average Bonchev–Trinajstić information content (AvgIpc) is 2.48. The van der Waals surface area contributed by atoms with Crippen LogP contribution < -0.4 is 0 Å². The fourth-order valence-electron chi connectivity index (χ4n) is 2.94. The van der Waals surface area contributed by atoms with E-state index in [1.54, 1.807) is 30.3 Å². The van der Waals surface area contributed by atoms with Crippen LogP contribution in [0.2, 0.25) is 0 Å². The molecule has 0 saturated heterocycles. The molecule has 2 atom stereocenters. The van der Waals surface area contributed by atoms with Crippen molar-refractivity contribution in [3.8, 4) is 0 Å². The van der Waals surface area contributed by atoms with E-state index in [2.05, 4.69) is 15.9 Å². The van der Waals surface area contributed by atoms with Gasteiger partial charge in [-0.15, -0.1) is 0 Å². The molecule has 0 bridgehead atoms. The third kappa shape index (κ3) is 5.08. The minimum Gasteiger partial charge on any atom is -0.263 e. The zero-order valence-electron chi connectivity index (χ0n) is 12.4. The Hall–Kier alpha value is -0.390. The summed E-state index contributed by atoms with van der Waals surface area (Å²) in [5.41, 5.74) is 0. The van der Waals surface area contributed by atoms with E-state index in [0.29, 0.717) is 5.92 Å². The Kier molecular flexibility index (Phi) is 6.26. The van der Waals surface area contributed by atoms with Crippen molar-refractivity contribution < 1.29 is 12.6 Å². The standard InChI is InChI=1S/C16H23BrO3S/c1-13(17)12-16(14-8-4-2-5-9-14)20-21(18,19)15-10-6-3-7-11-15/h3,6-7,10-11,13-14,16H,2,4-5,8-9,12H2,1H3. The molecule has 0 spiro atoms. The average molecular weight is 375 g/mol. The van der Waals surface area contributed by atoms with E-state index in [1.165, 1.54) is 19.3 Å². The van der Waals surface area contributed by atoms with Crippen LogP contribution in [0.15, 0.2) is 35.2 Å². The first kappa shape index (κ1) is 17.0. The van der Waals surface area contributed by atoms with Crippen LogP contribution in [0.5, 0.6) is 0 Å². The van der Waals surface area contributed by atoms with Gasteiger partial charge in [-0.05, 0) is 37.3 Å². The maximum atomic E-state index is 12.4. The van der Waals surface area contributed by atoms with Gasteiger partial charge in [-0.3, -0.25) is 4.18 Å². The Balaban J connectivity index is 2.13. The van der Waals surface area contributed by atoms with E-state index in [4.69, 9.17) is 4.18 Å². The molecule has 1 aromatic carbocycles. The predicted octanol–water partition coefficient (Wildman–Crippen LogP) is 4.51.